The third-order valence-electron chi connectivity index (χ3n) is 2.72. The minimum Gasteiger partial charge on any atom is -0.481 e. The summed E-state index contributed by atoms with van der Waals surface area (Å²) in [5.74, 6) is -2.51. The Morgan fingerprint density at radius 3 is 2.76 bits per heavy atom. The van der Waals surface area contributed by atoms with Gasteiger partial charge in [0.25, 0.3) is 0 Å². The standard InChI is InChI=1S/C12H11F2NO2/c13-12(14)9(6-10(16)17)8-3-1-2-7-4-5-15-11(7)8/h1-5,9,12,15H,6H2,(H,16,17). The number of aromatic nitrogens is 1. The summed E-state index contributed by atoms with van der Waals surface area (Å²) < 4.78 is 25.8. The molecule has 1 aromatic heterocycles. The molecule has 3 nitrogen and oxygen atoms in total. The fourth-order valence-electron chi connectivity index (χ4n) is 1.94. The van der Waals surface area contributed by atoms with Gasteiger partial charge in [0, 0.05) is 11.7 Å². The first-order valence-corrected chi connectivity index (χ1v) is 5.15. The van der Waals surface area contributed by atoms with Crippen LogP contribution in [-0.4, -0.2) is 22.5 Å². The van der Waals surface area contributed by atoms with Crippen LogP contribution < -0.4 is 0 Å². The normalized spacial score (nSPS) is 13.1. The number of aliphatic carboxylic acids is 1. The Morgan fingerprint density at radius 2 is 2.12 bits per heavy atom. The summed E-state index contributed by atoms with van der Waals surface area (Å²) in [5.41, 5.74) is 0.934. The first-order valence-electron chi connectivity index (χ1n) is 5.15. The van der Waals surface area contributed by atoms with Gasteiger partial charge in [-0.15, -0.1) is 0 Å². The van der Waals surface area contributed by atoms with Crippen LogP contribution in [-0.2, 0) is 4.79 Å². The molecule has 2 N–H and O–H groups in total. The van der Waals surface area contributed by atoms with Crippen molar-refractivity contribution < 1.29 is 18.7 Å². The van der Waals surface area contributed by atoms with Crippen LogP contribution in [0.5, 0.6) is 0 Å². The zero-order valence-electron chi connectivity index (χ0n) is 8.86. The van der Waals surface area contributed by atoms with E-state index in [1.165, 1.54) is 0 Å². The average molecular weight is 239 g/mol. The van der Waals surface area contributed by atoms with Crippen LogP contribution in [0.3, 0.4) is 0 Å². The first kappa shape index (κ1) is 11.6. The number of fused-ring (bicyclic) bond motifs is 1. The highest BCUT2D eigenvalue weighted by molar-refractivity contribution is 5.83. The fraction of sp³-hybridized carbons (Fsp3) is 0.250. The monoisotopic (exact) mass is 239 g/mol. The Morgan fingerprint density at radius 1 is 1.35 bits per heavy atom. The van der Waals surface area contributed by atoms with Crippen LogP contribution >= 0.6 is 0 Å². The quantitative estimate of drug-likeness (QED) is 0.861. The number of H-pyrrole nitrogens is 1. The number of carbonyl (C=O) groups is 1. The van der Waals surface area contributed by atoms with E-state index in [0.29, 0.717) is 11.1 Å². The molecule has 0 amide bonds. The highest BCUT2D eigenvalue weighted by Crippen LogP contribution is 2.31. The van der Waals surface area contributed by atoms with Crippen molar-refractivity contribution in [2.75, 3.05) is 0 Å². The lowest BCUT2D eigenvalue weighted by Gasteiger charge is -2.15. The van der Waals surface area contributed by atoms with E-state index in [1.54, 1.807) is 30.5 Å². The smallest absolute Gasteiger partial charge is 0.304 e. The van der Waals surface area contributed by atoms with Gasteiger partial charge in [-0.25, -0.2) is 8.78 Å². The number of nitrogens with one attached hydrogen (secondary N) is 1. The van der Waals surface area contributed by atoms with E-state index < -0.39 is 24.7 Å². The van der Waals surface area contributed by atoms with Gasteiger partial charge in [-0.3, -0.25) is 4.79 Å². The molecule has 0 aliphatic heterocycles. The van der Waals surface area contributed by atoms with Gasteiger partial charge in [0.1, 0.15) is 0 Å². The van der Waals surface area contributed by atoms with E-state index in [-0.39, 0.29) is 0 Å². The summed E-state index contributed by atoms with van der Waals surface area (Å²) in [7, 11) is 0. The van der Waals surface area contributed by atoms with Crippen molar-refractivity contribution in [3.63, 3.8) is 0 Å². The number of alkyl halides is 2. The van der Waals surface area contributed by atoms with Crippen LogP contribution in [0.15, 0.2) is 30.5 Å². The lowest BCUT2D eigenvalue weighted by molar-refractivity contribution is -0.138. The van der Waals surface area contributed by atoms with Crippen LogP contribution in [0.2, 0.25) is 0 Å². The zero-order valence-corrected chi connectivity index (χ0v) is 8.86. The molecule has 0 saturated carbocycles. The third-order valence-corrected chi connectivity index (χ3v) is 2.72. The van der Waals surface area contributed by atoms with E-state index >= 15 is 0 Å². The molecule has 1 atom stereocenters. The molecule has 0 fully saturated rings. The van der Waals surface area contributed by atoms with Crippen LogP contribution in [0.1, 0.15) is 17.9 Å². The molecule has 0 spiro atoms. The van der Waals surface area contributed by atoms with Gasteiger partial charge in [-0.2, -0.15) is 0 Å². The molecule has 0 aliphatic rings. The number of benzene rings is 1. The number of para-hydroxylation sites is 1. The number of aromatic amines is 1. The second kappa shape index (κ2) is 4.53. The first-order chi connectivity index (χ1) is 8.09. The number of carboxylic acids is 1. The molecular weight excluding hydrogens is 228 g/mol. The van der Waals surface area contributed by atoms with Gasteiger partial charge in [0.05, 0.1) is 12.3 Å². The third kappa shape index (κ3) is 2.27. The molecule has 17 heavy (non-hydrogen) atoms. The van der Waals surface area contributed by atoms with E-state index in [2.05, 4.69) is 4.98 Å². The number of hydrogen-bond acceptors (Lipinski definition) is 1. The highest BCUT2D eigenvalue weighted by atomic mass is 19.3. The maximum Gasteiger partial charge on any atom is 0.304 e. The zero-order chi connectivity index (χ0) is 12.4. The van der Waals surface area contributed by atoms with Crippen LogP contribution in [0.4, 0.5) is 8.78 Å². The summed E-state index contributed by atoms with van der Waals surface area (Å²) in [6.07, 6.45) is -1.62. The molecule has 90 valence electrons. The van der Waals surface area contributed by atoms with Crippen LogP contribution in [0.25, 0.3) is 10.9 Å². The van der Waals surface area contributed by atoms with Gasteiger partial charge in [0.2, 0.25) is 6.43 Å². The van der Waals surface area contributed by atoms with Crippen molar-refractivity contribution in [1.82, 2.24) is 4.98 Å². The largest absolute Gasteiger partial charge is 0.481 e. The number of rotatable bonds is 4. The molecule has 1 heterocycles. The van der Waals surface area contributed by atoms with Gasteiger partial charge in [-0.1, -0.05) is 18.2 Å². The molecule has 0 aliphatic carbocycles. The minimum absolute atomic E-state index is 0.352. The lowest BCUT2D eigenvalue weighted by atomic mass is 9.94. The molecule has 1 unspecified atom stereocenters. The molecule has 5 heteroatoms. The minimum atomic E-state index is -2.69. The van der Waals surface area contributed by atoms with E-state index in [4.69, 9.17) is 5.11 Å². The van der Waals surface area contributed by atoms with Gasteiger partial charge >= 0.3 is 5.97 Å². The predicted octanol–water partition coefficient (Wildman–Crippen LogP) is 2.99. The Labute approximate surface area is 96.1 Å². The van der Waals surface area contributed by atoms with Crippen molar-refractivity contribution in [1.29, 1.82) is 0 Å². The summed E-state index contributed by atoms with van der Waals surface area (Å²) in [4.78, 5) is 13.5. The maximum absolute atomic E-state index is 12.9. The molecule has 1 aromatic carbocycles. The summed E-state index contributed by atoms with van der Waals surface area (Å²) in [5, 5.41) is 9.48. The molecular formula is C12H11F2NO2. The molecule has 2 aromatic rings. The van der Waals surface area contributed by atoms with Crippen molar-refractivity contribution in [3.8, 4) is 0 Å². The fourth-order valence-corrected chi connectivity index (χ4v) is 1.94. The van der Waals surface area contributed by atoms with E-state index in [9.17, 15) is 13.6 Å². The van der Waals surface area contributed by atoms with Crippen LogP contribution in [0, 0.1) is 0 Å². The Balaban J connectivity index is 2.48. The van der Waals surface area contributed by atoms with Gasteiger partial charge in [0.15, 0.2) is 0 Å². The topological polar surface area (TPSA) is 53.1 Å². The van der Waals surface area contributed by atoms with Crippen molar-refractivity contribution in [2.45, 2.75) is 18.8 Å². The van der Waals surface area contributed by atoms with E-state index in [1.807, 2.05) is 0 Å². The number of carboxylic acid groups (broad SMARTS) is 1. The molecule has 2 rings (SSSR count). The molecule has 0 saturated heterocycles. The Kier molecular flexibility index (Phi) is 3.08. The lowest BCUT2D eigenvalue weighted by Crippen LogP contribution is -2.14. The van der Waals surface area contributed by atoms with Crippen molar-refractivity contribution in [2.24, 2.45) is 0 Å². The van der Waals surface area contributed by atoms with Gasteiger partial charge in [-0.05, 0) is 17.0 Å². The molecule has 0 radical (unpaired) electrons. The summed E-state index contributed by atoms with van der Waals surface area (Å²) >= 11 is 0. The maximum atomic E-state index is 12.9. The summed E-state index contributed by atoms with van der Waals surface area (Å²) in [6.45, 7) is 0. The summed E-state index contributed by atoms with van der Waals surface area (Å²) in [6, 6.07) is 6.75. The second-order valence-electron chi connectivity index (χ2n) is 3.83. The van der Waals surface area contributed by atoms with Gasteiger partial charge < -0.3 is 10.1 Å². The Bertz CT molecular complexity index is 536. The number of hydrogen-bond donors (Lipinski definition) is 2. The second-order valence-corrected chi connectivity index (χ2v) is 3.83. The van der Waals surface area contributed by atoms with Crippen molar-refractivity contribution in [3.05, 3.63) is 36.0 Å². The van der Waals surface area contributed by atoms with Crippen molar-refractivity contribution >= 4 is 16.9 Å². The molecule has 0 bridgehead atoms. The predicted molar refractivity (Wildman–Crippen MR) is 59.3 cm³/mol. The highest BCUT2D eigenvalue weighted by Gasteiger charge is 2.27. The van der Waals surface area contributed by atoms with E-state index in [0.717, 1.165) is 5.39 Å². The number of halogens is 2. The SMILES string of the molecule is O=C(O)CC(c1cccc2cc[nH]c12)C(F)F. The Hall–Kier alpha value is -1.91. The average Bonchev–Trinajstić information content (AvgIpc) is 2.73.